The van der Waals surface area contributed by atoms with E-state index in [-0.39, 0.29) is 19.0 Å². The van der Waals surface area contributed by atoms with E-state index in [1.807, 2.05) is 19.0 Å². The molecule has 0 aliphatic heterocycles. The molecule has 0 bridgehead atoms. The van der Waals surface area contributed by atoms with Gasteiger partial charge in [0.25, 0.3) is 5.91 Å². The van der Waals surface area contributed by atoms with Gasteiger partial charge in [0, 0.05) is 42.5 Å². The van der Waals surface area contributed by atoms with Crippen LogP contribution in [0.1, 0.15) is 29.8 Å². The zero-order chi connectivity index (χ0) is 29.2. The zero-order valence-electron chi connectivity index (χ0n) is 22.6. The lowest BCUT2D eigenvalue weighted by Gasteiger charge is -2.25. The van der Waals surface area contributed by atoms with E-state index in [0.29, 0.717) is 35.5 Å². The molecule has 0 spiro atoms. The molecule has 2 N–H and O–H groups in total. The lowest BCUT2D eigenvalue weighted by atomic mass is 10.1. The highest BCUT2D eigenvalue weighted by Gasteiger charge is 2.29. The summed E-state index contributed by atoms with van der Waals surface area (Å²) in [5, 5.41) is 6.27. The van der Waals surface area contributed by atoms with E-state index >= 15 is 0 Å². The number of carbonyl (C=O) groups excluding carboxylic acids is 4. The molecule has 0 radical (unpaired) electrons. The highest BCUT2D eigenvalue weighted by atomic mass is 16.6. The molecular formula is C27H31N5O8. The van der Waals surface area contributed by atoms with Crippen LogP contribution in [0.15, 0.2) is 51.8 Å². The Morgan fingerprint density at radius 1 is 1.15 bits per heavy atom. The fourth-order valence-corrected chi connectivity index (χ4v) is 3.85. The second-order valence-electron chi connectivity index (χ2n) is 9.15. The first-order chi connectivity index (χ1) is 19.1. The molecule has 0 aliphatic rings. The first-order valence-electron chi connectivity index (χ1n) is 12.3. The van der Waals surface area contributed by atoms with Gasteiger partial charge in [0.05, 0.1) is 6.61 Å². The molecule has 0 fully saturated rings. The third kappa shape index (κ3) is 8.19. The predicted octanol–water partition coefficient (Wildman–Crippen LogP) is 1.84. The molecule has 3 aromatic rings. The molecule has 3 rings (SSSR count). The maximum atomic E-state index is 13.0. The Bertz CT molecular complexity index is 1380. The van der Waals surface area contributed by atoms with Crippen molar-refractivity contribution in [3.05, 3.63) is 64.1 Å². The van der Waals surface area contributed by atoms with Crippen molar-refractivity contribution in [2.24, 2.45) is 0 Å². The number of aromatic nitrogens is 2. The fraction of sp³-hybridized carbons (Fsp3) is 0.333. The Kier molecular flexibility index (Phi) is 10.4. The van der Waals surface area contributed by atoms with Gasteiger partial charge < -0.3 is 24.6 Å². The van der Waals surface area contributed by atoms with Crippen molar-refractivity contribution in [2.75, 3.05) is 37.5 Å². The highest BCUT2D eigenvalue weighted by Crippen LogP contribution is 2.20. The number of nitrogens with one attached hydrogen (secondary N) is 2. The smallest absolute Gasteiger partial charge is 0.439 e. The Balaban J connectivity index is 1.63. The molecule has 2 atom stereocenters. The van der Waals surface area contributed by atoms with Crippen LogP contribution in [-0.2, 0) is 30.4 Å². The number of nitrogens with zero attached hydrogens (tertiary/aromatic N) is 3. The summed E-state index contributed by atoms with van der Waals surface area (Å²) in [6.45, 7) is 3.47. The van der Waals surface area contributed by atoms with Gasteiger partial charge in [0.1, 0.15) is 12.4 Å². The number of carbonyl (C=O) groups is 4. The second kappa shape index (κ2) is 14.0. The number of rotatable bonds is 14. The second-order valence-corrected chi connectivity index (χ2v) is 9.15. The standard InChI is InChI=1S/C27H31N5O8/c1-17(38-12-11-32(16-34)23-10-7-20(15-33)21(13-23)14-31(3)4)24(39-18(2)35)26(36)28-22-8-5-19(6-9-22)25-29-27(37)40-30-25/h5-10,13,15-17,24H,11-12,14H2,1-4H3,(H,28,36)(H,29,30,37). The lowest BCUT2D eigenvalue weighted by molar-refractivity contribution is -0.160. The predicted molar refractivity (Wildman–Crippen MR) is 145 cm³/mol. The van der Waals surface area contributed by atoms with Gasteiger partial charge in [-0.25, -0.2) is 4.79 Å². The largest absolute Gasteiger partial charge is 0.450 e. The summed E-state index contributed by atoms with van der Waals surface area (Å²) in [6.07, 6.45) is -0.699. The molecule has 2 unspecified atom stereocenters. The average Bonchev–Trinajstić information content (AvgIpc) is 3.35. The minimum Gasteiger partial charge on any atom is -0.450 e. The van der Waals surface area contributed by atoms with Crippen molar-refractivity contribution in [1.82, 2.24) is 15.0 Å². The van der Waals surface area contributed by atoms with E-state index in [1.54, 1.807) is 49.4 Å². The molecule has 0 saturated heterocycles. The highest BCUT2D eigenvalue weighted by molar-refractivity contribution is 5.95. The number of aldehydes is 1. The third-order valence-electron chi connectivity index (χ3n) is 5.76. The van der Waals surface area contributed by atoms with Gasteiger partial charge in [-0.15, -0.1) is 0 Å². The Hall–Kier alpha value is -4.62. The summed E-state index contributed by atoms with van der Waals surface area (Å²) < 4.78 is 15.5. The average molecular weight is 554 g/mol. The van der Waals surface area contributed by atoms with Gasteiger partial charge >= 0.3 is 11.7 Å². The molecule has 0 saturated carbocycles. The molecule has 2 amide bonds. The summed E-state index contributed by atoms with van der Waals surface area (Å²) in [5.74, 6) is -1.73. The number of aromatic amines is 1. The van der Waals surface area contributed by atoms with Crippen molar-refractivity contribution < 1.29 is 33.2 Å². The SMILES string of the molecule is CC(=O)OC(C(=O)Nc1ccc(-c2noc(=O)[nH]2)cc1)C(C)OCCN(C=O)c1ccc(C=O)c(CN(C)C)c1. The first-order valence-corrected chi connectivity index (χ1v) is 12.3. The number of anilines is 2. The van der Waals surface area contributed by atoms with Gasteiger partial charge in [-0.3, -0.25) is 28.7 Å². The first kappa shape index (κ1) is 29.9. The van der Waals surface area contributed by atoms with E-state index in [2.05, 4.69) is 20.0 Å². The van der Waals surface area contributed by atoms with E-state index in [0.717, 1.165) is 11.8 Å². The van der Waals surface area contributed by atoms with Crippen LogP contribution in [0, 0.1) is 0 Å². The monoisotopic (exact) mass is 553 g/mol. The van der Waals surface area contributed by atoms with Crippen LogP contribution in [0.5, 0.6) is 0 Å². The van der Waals surface area contributed by atoms with Crippen molar-refractivity contribution in [2.45, 2.75) is 32.6 Å². The fourth-order valence-electron chi connectivity index (χ4n) is 3.85. The third-order valence-corrected chi connectivity index (χ3v) is 5.76. The topological polar surface area (TPSA) is 164 Å². The Morgan fingerprint density at radius 2 is 1.88 bits per heavy atom. The summed E-state index contributed by atoms with van der Waals surface area (Å²) >= 11 is 0. The maximum absolute atomic E-state index is 13.0. The number of hydrogen-bond donors (Lipinski definition) is 2. The van der Waals surface area contributed by atoms with Gasteiger partial charge in [0.15, 0.2) is 5.82 Å². The van der Waals surface area contributed by atoms with Crippen LogP contribution < -0.4 is 16.0 Å². The van der Waals surface area contributed by atoms with E-state index in [1.165, 1.54) is 11.8 Å². The number of H-pyrrole nitrogens is 1. The molecule has 212 valence electrons. The van der Waals surface area contributed by atoms with Crippen LogP contribution in [0.3, 0.4) is 0 Å². The number of ether oxygens (including phenoxy) is 2. The minimum atomic E-state index is -1.27. The van der Waals surface area contributed by atoms with Gasteiger partial charge in [-0.1, -0.05) is 5.16 Å². The molecular weight excluding hydrogens is 522 g/mol. The summed E-state index contributed by atoms with van der Waals surface area (Å²) in [4.78, 5) is 64.8. The minimum absolute atomic E-state index is 0.0357. The van der Waals surface area contributed by atoms with Crippen LogP contribution in [0.25, 0.3) is 11.4 Å². The van der Waals surface area contributed by atoms with E-state index in [4.69, 9.17) is 9.47 Å². The van der Waals surface area contributed by atoms with Crippen LogP contribution in [0.4, 0.5) is 11.4 Å². The molecule has 2 aromatic carbocycles. The van der Waals surface area contributed by atoms with E-state index in [9.17, 15) is 24.0 Å². The van der Waals surface area contributed by atoms with Crippen molar-refractivity contribution in [3.63, 3.8) is 0 Å². The zero-order valence-corrected chi connectivity index (χ0v) is 22.6. The maximum Gasteiger partial charge on any atom is 0.439 e. The van der Waals surface area contributed by atoms with Crippen molar-refractivity contribution in [3.8, 4) is 11.4 Å². The Morgan fingerprint density at radius 3 is 2.45 bits per heavy atom. The van der Waals surface area contributed by atoms with Crippen LogP contribution in [0.2, 0.25) is 0 Å². The molecule has 1 aromatic heterocycles. The Labute approximate surface area is 230 Å². The van der Waals surface area contributed by atoms with Crippen LogP contribution >= 0.6 is 0 Å². The van der Waals surface area contributed by atoms with Crippen LogP contribution in [-0.4, -0.2) is 79.1 Å². The van der Waals surface area contributed by atoms with Crippen molar-refractivity contribution >= 4 is 35.9 Å². The quantitative estimate of drug-likeness (QED) is 0.222. The number of benzene rings is 2. The molecule has 13 heteroatoms. The summed E-state index contributed by atoms with van der Waals surface area (Å²) in [5.41, 5.74) is 2.86. The lowest BCUT2D eigenvalue weighted by Crippen LogP contribution is -2.42. The van der Waals surface area contributed by atoms with Crippen molar-refractivity contribution in [1.29, 1.82) is 0 Å². The van der Waals surface area contributed by atoms with Gasteiger partial charge in [-0.2, -0.15) is 0 Å². The molecule has 0 aliphatic carbocycles. The number of amides is 2. The van der Waals surface area contributed by atoms with Gasteiger partial charge in [0.2, 0.25) is 12.5 Å². The summed E-state index contributed by atoms with van der Waals surface area (Å²) in [6, 6.07) is 11.5. The molecule has 1 heterocycles. The number of esters is 1. The molecule has 13 nitrogen and oxygen atoms in total. The van der Waals surface area contributed by atoms with E-state index < -0.39 is 29.8 Å². The normalized spacial score (nSPS) is 12.4. The summed E-state index contributed by atoms with van der Waals surface area (Å²) in [7, 11) is 3.75. The van der Waals surface area contributed by atoms with Gasteiger partial charge in [-0.05, 0) is 69.0 Å². The molecule has 40 heavy (non-hydrogen) atoms. The number of hydrogen-bond acceptors (Lipinski definition) is 10.